The number of phenols is 1. The molecule has 0 amide bonds. The maximum absolute atomic E-state index is 10.0. The van der Waals surface area contributed by atoms with Crippen LogP contribution in [0, 0.1) is 6.92 Å². The van der Waals surface area contributed by atoms with Crippen molar-refractivity contribution in [3.63, 3.8) is 0 Å². The molecule has 0 saturated carbocycles. The molecule has 0 spiro atoms. The van der Waals surface area contributed by atoms with Crippen LogP contribution in [0.5, 0.6) is 5.75 Å². The number of hydrogen-bond acceptors (Lipinski definition) is 4. The maximum atomic E-state index is 10.0. The Morgan fingerprint density at radius 2 is 2.04 bits per heavy atom. The van der Waals surface area contributed by atoms with E-state index < -0.39 is 0 Å². The lowest BCUT2D eigenvalue weighted by Gasteiger charge is -2.47. The summed E-state index contributed by atoms with van der Waals surface area (Å²) in [4.78, 5) is 9.70. The molecule has 4 heteroatoms. The first-order valence-corrected chi connectivity index (χ1v) is 9.31. The van der Waals surface area contributed by atoms with Gasteiger partial charge < -0.3 is 5.11 Å². The minimum absolute atomic E-state index is 0.0334. The van der Waals surface area contributed by atoms with Gasteiger partial charge in [0.25, 0.3) is 0 Å². The Hall–Kier alpha value is -2.17. The molecule has 3 rings (SSSR count). The summed E-state index contributed by atoms with van der Waals surface area (Å²) in [7, 11) is 0. The second kappa shape index (κ2) is 8.02. The van der Waals surface area contributed by atoms with E-state index in [4.69, 9.17) is 4.98 Å². The van der Waals surface area contributed by atoms with Gasteiger partial charge in [0.15, 0.2) is 0 Å². The van der Waals surface area contributed by atoms with Crippen molar-refractivity contribution in [3.05, 3.63) is 72.1 Å². The molecule has 1 saturated heterocycles. The van der Waals surface area contributed by atoms with Crippen molar-refractivity contribution in [3.8, 4) is 5.75 Å². The predicted molar refractivity (Wildman–Crippen MR) is 106 cm³/mol. The van der Waals surface area contributed by atoms with Gasteiger partial charge in [-0.25, -0.2) is 0 Å². The van der Waals surface area contributed by atoms with Crippen molar-refractivity contribution in [2.45, 2.75) is 38.9 Å². The van der Waals surface area contributed by atoms with Crippen molar-refractivity contribution in [2.24, 2.45) is 0 Å². The average molecular weight is 351 g/mol. The highest BCUT2D eigenvalue weighted by Gasteiger charge is 2.35. The van der Waals surface area contributed by atoms with Gasteiger partial charge in [-0.1, -0.05) is 24.3 Å². The van der Waals surface area contributed by atoms with Crippen LogP contribution in [0.25, 0.3) is 0 Å². The molecule has 1 aliphatic heterocycles. The maximum Gasteiger partial charge on any atom is 0.115 e. The Bertz CT molecular complexity index is 743. The molecule has 1 aliphatic rings. The van der Waals surface area contributed by atoms with Gasteiger partial charge in [-0.15, -0.1) is 6.58 Å². The standard InChI is InChI=1S/C22H29N3O/c1-5-11-24-14-18(4)25(15-17(24)3)22(19-7-6-8-20(26)12-19)21-10-9-16(2)13-23-21/h5-10,12-13,17-18,22,26H,1,11,14-15H2,2-4H3/t17-,18+,22-/m1/s1. The van der Waals surface area contributed by atoms with Crippen LogP contribution in [0.3, 0.4) is 0 Å². The summed E-state index contributed by atoms with van der Waals surface area (Å²) >= 11 is 0. The second-order valence-electron chi connectivity index (χ2n) is 7.40. The van der Waals surface area contributed by atoms with Crippen molar-refractivity contribution in [1.29, 1.82) is 0 Å². The topological polar surface area (TPSA) is 39.6 Å². The molecule has 4 nitrogen and oxygen atoms in total. The van der Waals surface area contributed by atoms with E-state index in [1.807, 2.05) is 24.4 Å². The molecule has 0 unspecified atom stereocenters. The number of pyridine rings is 1. The predicted octanol–water partition coefficient (Wildman–Crippen LogP) is 3.77. The molecule has 2 heterocycles. The lowest BCUT2D eigenvalue weighted by Crippen LogP contribution is -2.57. The van der Waals surface area contributed by atoms with E-state index in [-0.39, 0.29) is 6.04 Å². The van der Waals surface area contributed by atoms with Gasteiger partial charge in [-0.05, 0) is 50.1 Å². The van der Waals surface area contributed by atoms with Gasteiger partial charge in [0.05, 0.1) is 11.7 Å². The summed E-state index contributed by atoms with van der Waals surface area (Å²) in [5.41, 5.74) is 3.26. The minimum Gasteiger partial charge on any atom is -0.508 e. The number of phenolic OH excluding ortho intramolecular Hbond substituents is 1. The van der Waals surface area contributed by atoms with E-state index in [2.05, 4.69) is 55.3 Å². The molecule has 0 bridgehead atoms. The van der Waals surface area contributed by atoms with E-state index in [9.17, 15) is 5.11 Å². The average Bonchev–Trinajstić information content (AvgIpc) is 2.61. The van der Waals surface area contributed by atoms with E-state index in [0.29, 0.717) is 17.8 Å². The van der Waals surface area contributed by atoms with Crippen LogP contribution in [0.4, 0.5) is 0 Å². The number of piperazine rings is 1. The van der Waals surface area contributed by atoms with Crippen LogP contribution in [-0.4, -0.2) is 51.6 Å². The Morgan fingerprint density at radius 1 is 1.23 bits per heavy atom. The van der Waals surface area contributed by atoms with Crippen molar-refractivity contribution >= 4 is 0 Å². The normalized spacial score (nSPS) is 22.9. The summed E-state index contributed by atoms with van der Waals surface area (Å²) in [6.45, 7) is 13.3. The van der Waals surface area contributed by atoms with Crippen molar-refractivity contribution in [2.75, 3.05) is 19.6 Å². The third kappa shape index (κ3) is 3.97. The molecule has 1 aromatic heterocycles. The summed E-state index contributed by atoms with van der Waals surface area (Å²) < 4.78 is 0. The fourth-order valence-corrected chi connectivity index (χ4v) is 3.87. The first-order valence-electron chi connectivity index (χ1n) is 9.31. The molecule has 1 N–H and O–H groups in total. The number of nitrogens with zero attached hydrogens (tertiary/aromatic N) is 3. The van der Waals surface area contributed by atoms with Crippen LogP contribution in [-0.2, 0) is 0 Å². The molecule has 2 aromatic rings. The molecular weight excluding hydrogens is 322 g/mol. The van der Waals surface area contributed by atoms with Crippen LogP contribution in [0.15, 0.2) is 55.3 Å². The van der Waals surface area contributed by atoms with Crippen LogP contribution in [0.1, 0.15) is 36.7 Å². The molecule has 3 atom stereocenters. The zero-order chi connectivity index (χ0) is 18.7. The zero-order valence-electron chi connectivity index (χ0n) is 16.0. The fraction of sp³-hybridized carbons (Fsp3) is 0.409. The number of aryl methyl sites for hydroxylation is 1. The molecular formula is C22H29N3O. The fourth-order valence-electron chi connectivity index (χ4n) is 3.87. The van der Waals surface area contributed by atoms with Gasteiger partial charge in [0, 0.05) is 37.9 Å². The van der Waals surface area contributed by atoms with Crippen LogP contribution in [0.2, 0.25) is 0 Å². The van der Waals surface area contributed by atoms with E-state index >= 15 is 0 Å². The molecule has 1 aromatic carbocycles. The molecule has 138 valence electrons. The highest BCUT2D eigenvalue weighted by molar-refractivity contribution is 5.34. The number of aromatic hydroxyl groups is 1. The Balaban J connectivity index is 1.98. The van der Waals surface area contributed by atoms with E-state index in [0.717, 1.165) is 36.5 Å². The summed E-state index contributed by atoms with van der Waals surface area (Å²) in [6, 6.07) is 12.6. The Kier molecular flexibility index (Phi) is 5.74. The van der Waals surface area contributed by atoms with Gasteiger partial charge in [-0.3, -0.25) is 14.8 Å². The Morgan fingerprint density at radius 3 is 2.69 bits per heavy atom. The van der Waals surface area contributed by atoms with Gasteiger partial charge in [-0.2, -0.15) is 0 Å². The summed E-state index contributed by atoms with van der Waals surface area (Å²) in [6.07, 6.45) is 3.90. The van der Waals surface area contributed by atoms with E-state index in [1.165, 1.54) is 0 Å². The monoisotopic (exact) mass is 351 g/mol. The highest BCUT2D eigenvalue weighted by atomic mass is 16.3. The number of hydrogen-bond donors (Lipinski definition) is 1. The third-order valence-electron chi connectivity index (χ3n) is 5.26. The molecule has 1 fully saturated rings. The van der Waals surface area contributed by atoms with Crippen molar-refractivity contribution in [1.82, 2.24) is 14.8 Å². The van der Waals surface area contributed by atoms with Gasteiger partial charge >= 0.3 is 0 Å². The van der Waals surface area contributed by atoms with E-state index in [1.54, 1.807) is 6.07 Å². The first-order chi connectivity index (χ1) is 12.5. The lowest BCUT2D eigenvalue weighted by atomic mass is 9.96. The Labute approximate surface area is 156 Å². The lowest BCUT2D eigenvalue weighted by molar-refractivity contribution is 0.0296. The van der Waals surface area contributed by atoms with Gasteiger partial charge in [0.2, 0.25) is 0 Å². The number of rotatable bonds is 5. The summed E-state index contributed by atoms with van der Waals surface area (Å²) in [5.74, 6) is 0.297. The van der Waals surface area contributed by atoms with Crippen LogP contribution < -0.4 is 0 Å². The number of benzene rings is 1. The third-order valence-corrected chi connectivity index (χ3v) is 5.26. The van der Waals surface area contributed by atoms with Gasteiger partial charge in [0.1, 0.15) is 5.75 Å². The zero-order valence-corrected chi connectivity index (χ0v) is 16.0. The molecule has 0 aliphatic carbocycles. The second-order valence-corrected chi connectivity index (χ2v) is 7.40. The van der Waals surface area contributed by atoms with Crippen molar-refractivity contribution < 1.29 is 5.11 Å². The minimum atomic E-state index is 0.0334. The number of aromatic nitrogens is 1. The smallest absolute Gasteiger partial charge is 0.115 e. The SMILES string of the molecule is C=CCN1C[C@H](C)N([C@H](c2cccc(O)c2)c2ccc(C)cn2)C[C@H]1C. The summed E-state index contributed by atoms with van der Waals surface area (Å²) in [5, 5.41) is 10.0. The first kappa shape index (κ1) is 18.6. The largest absolute Gasteiger partial charge is 0.508 e. The van der Waals surface area contributed by atoms with Crippen LogP contribution >= 0.6 is 0 Å². The highest BCUT2D eigenvalue weighted by Crippen LogP contribution is 2.33. The molecule has 0 radical (unpaired) electrons. The molecule has 26 heavy (non-hydrogen) atoms. The quantitative estimate of drug-likeness (QED) is 0.833.